The Kier molecular flexibility index (Phi) is 4.91. The van der Waals surface area contributed by atoms with Crippen LogP contribution in [0, 0.1) is 5.82 Å². The summed E-state index contributed by atoms with van der Waals surface area (Å²) >= 11 is 0. The van der Waals surface area contributed by atoms with Gasteiger partial charge in [0.1, 0.15) is 17.7 Å². The van der Waals surface area contributed by atoms with Crippen LogP contribution in [0.5, 0.6) is 0 Å². The predicted molar refractivity (Wildman–Crippen MR) is 94.8 cm³/mol. The number of amides is 2. The van der Waals surface area contributed by atoms with Gasteiger partial charge < -0.3 is 0 Å². The van der Waals surface area contributed by atoms with Gasteiger partial charge in [0.15, 0.2) is 0 Å². The van der Waals surface area contributed by atoms with E-state index in [1.807, 2.05) is 0 Å². The van der Waals surface area contributed by atoms with Crippen LogP contribution in [0.1, 0.15) is 22.8 Å². The summed E-state index contributed by atoms with van der Waals surface area (Å²) < 4.78 is 39.9. The highest BCUT2D eigenvalue weighted by atomic mass is 32.2. The molecule has 0 radical (unpaired) electrons. The molecule has 1 heterocycles. The van der Waals surface area contributed by atoms with Crippen LogP contribution in [0.3, 0.4) is 0 Å². The topological polar surface area (TPSA) is 117 Å². The van der Waals surface area contributed by atoms with Crippen molar-refractivity contribution in [1.82, 2.24) is 15.6 Å². The maximum atomic E-state index is 13.5. The molecule has 0 aromatic heterocycles. The van der Waals surface area contributed by atoms with Crippen LogP contribution in [-0.2, 0) is 14.8 Å². The van der Waals surface area contributed by atoms with Crippen molar-refractivity contribution in [2.45, 2.75) is 17.9 Å². The van der Waals surface area contributed by atoms with Gasteiger partial charge >= 0.3 is 0 Å². The minimum absolute atomic E-state index is 0.0358. The maximum Gasteiger partial charge on any atom is 0.272 e. The second-order valence-electron chi connectivity index (χ2n) is 5.68. The standard InChI is InChI=1S/C17H15FN4O4S/c1-10(16(23)20-21-17(24)11-6-2-4-8-13(11)18)19-15-12-7-3-5-9-14(12)27(25,26)22-15/h2-10H,1H3,(H,19,22)(H,20,23)(H,21,24)/t10-/m0/s1. The molecule has 2 aromatic rings. The van der Waals surface area contributed by atoms with Crippen molar-refractivity contribution in [2.75, 3.05) is 0 Å². The zero-order valence-corrected chi connectivity index (χ0v) is 14.9. The molecule has 0 saturated carbocycles. The third kappa shape index (κ3) is 3.80. The second kappa shape index (κ2) is 7.16. The number of fused-ring (bicyclic) bond motifs is 1. The Labute approximate surface area is 154 Å². The molecule has 1 atom stereocenters. The van der Waals surface area contributed by atoms with Gasteiger partial charge in [-0.05, 0) is 31.2 Å². The molecule has 0 saturated heterocycles. The number of hydrogen-bond donors (Lipinski definition) is 3. The Hall–Kier alpha value is -3.27. The van der Waals surface area contributed by atoms with Gasteiger partial charge in [-0.2, -0.15) is 0 Å². The number of sulfonamides is 1. The number of halogens is 1. The molecule has 2 aromatic carbocycles. The first-order chi connectivity index (χ1) is 12.8. The monoisotopic (exact) mass is 390 g/mol. The van der Waals surface area contributed by atoms with Crippen LogP contribution in [0.2, 0.25) is 0 Å². The Morgan fingerprint density at radius 3 is 2.48 bits per heavy atom. The summed E-state index contributed by atoms with van der Waals surface area (Å²) in [6.45, 7) is 1.42. The summed E-state index contributed by atoms with van der Waals surface area (Å²) in [7, 11) is -3.72. The van der Waals surface area contributed by atoms with Crippen LogP contribution < -0.4 is 15.6 Å². The lowest BCUT2D eigenvalue weighted by Crippen LogP contribution is -2.45. The number of nitrogens with one attached hydrogen (secondary N) is 3. The second-order valence-corrected chi connectivity index (χ2v) is 7.33. The summed E-state index contributed by atoms with van der Waals surface area (Å²) in [5.41, 5.74) is 4.36. The maximum absolute atomic E-state index is 13.5. The van der Waals surface area contributed by atoms with E-state index >= 15 is 0 Å². The first kappa shape index (κ1) is 18.5. The van der Waals surface area contributed by atoms with Gasteiger partial charge in [0, 0.05) is 5.56 Å². The highest BCUT2D eigenvalue weighted by Gasteiger charge is 2.31. The molecule has 1 aliphatic rings. The molecule has 0 unspecified atom stereocenters. The number of carbonyl (C=O) groups excluding carboxylic acids is 2. The van der Waals surface area contributed by atoms with Crippen LogP contribution in [0.25, 0.3) is 0 Å². The third-order valence-electron chi connectivity index (χ3n) is 3.78. The number of hydrazine groups is 1. The van der Waals surface area contributed by atoms with E-state index in [0.29, 0.717) is 5.56 Å². The van der Waals surface area contributed by atoms with E-state index in [2.05, 4.69) is 20.6 Å². The number of benzene rings is 2. The van der Waals surface area contributed by atoms with Crippen molar-refractivity contribution >= 4 is 27.7 Å². The smallest absolute Gasteiger partial charge is 0.271 e. The molecule has 3 rings (SSSR count). The molecule has 8 nitrogen and oxygen atoms in total. The normalized spacial score (nSPS) is 16.9. The summed E-state index contributed by atoms with van der Waals surface area (Å²) in [4.78, 5) is 28.2. The summed E-state index contributed by atoms with van der Waals surface area (Å²) in [5, 5.41) is 0. The Balaban J connectivity index is 1.69. The fourth-order valence-corrected chi connectivity index (χ4v) is 3.66. The van der Waals surface area contributed by atoms with Gasteiger partial charge in [0.25, 0.3) is 21.8 Å². The van der Waals surface area contributed by atoms with Crippen LogP contribution >= 0.6 is 0 Å². The van der Waals surface area contributed by atoms with Crippen molar-refractivity contribution in [3.63, 3.8) is 0 Å². The Bertz CT molecular complexity index is 1050. The molecule has 140 valence electrons. The number of nitrogens with zero attached hydrogens (tertiary/aromatic N) is 1. The molecular formula is C17H15FN4O4S. The number of carbonyl (C=O) groups is 2. The lowest BCUT2D eigenvalue weighted by molar-refractivity contribution is -0.122. The van der Waals surface area contributed by atoms with Gasteiger partial charge in [-0.25, -0.2) is 12.8 Å². The molecule has 2 amide bonds. The van der Waals surface area contributed by atoms with E-state index in [4.69, 9.17) is 0 Å². The molecule has 0 spiro atoms. The molecule has 10 heteroatoms. The summed E-state index contributed by atoms with van der Waals surface area (Å²) in [6, 6.07) is 10.5. The molecule has 27 heavy (non-hydrogen) atoms. The molecule has 0 bridgehead atoms. The average Bonchev–Trinajstić information content (AvgIpc) is 2.90. The van der Waals surface area contributed by atoms with Gasteiger partial charge in [-0.1, -0.05) is 24.3 Å². The minimum Gasteiger partial charge on any atom is -0.271 e. The van der Waals surface area contributed by atoms with Crippen LogP contribution in [-0.4, -0.2) is 32.1 Å². The number of hydrogen-bond acceptors (Lipinski definition) is 5. The fourth-order valence-electron chi connectivity index (χ4n) is 2.42. The van der Waals surface area contributed by atoms with Crippen molar-refractivity contribution < 1.29 is 22.4 Å². The van der Waals surface area contributed by atoms with E-state index in [-0.39, 0.29) is 16.3 Å². The first-order valence-electron chi connectivity index (χ1n) is 7.84. The highest BCUT2D eigenvalue weighted by Crippen LogP contribution is 2.22. The van der Waals surface area contributed by atoms with E-state index in [0.717, 1.165) is 6.07 Å². The molecule has 0 aliphatic carbocycles. The van der Waals surface area contributed by atoms with Gasteiger partial charge in [0.05, 0.1) is 10.5 Å². The lowest BCUT2D eigenvalue weighted by Gasteiger charge is -2.11. The fraction of sp³-hybridized carbons (Fsp3) is 0.118. The van der Waals surface area contributed by atoms with Crippen molar-refractivity contribution in [2.24, 2.45) is 4.99 Å². The van der Waals surface area contributed by atoms with Crippen molar-refractivity contribution in [3.05, 3.63) is 65.5 Å². The zero-order valence-electron chi connectivity index (χ0n) is 14.1. The van der Waals surface area contributed by atoms with E-state index in [1.54, 1.807) is 18.2 Å². The lowest BCUT2D eigenvalue weighted by atomic mass is 10.2. The number of amidine groups is 1. The Morgan fingerprint density at radius 2 is 1.74 bits per heavy atom. The van der Waals surface area contributed by atoms with Crippen molar-refractivity contribution in [3.8, 4) is 0 Å². The van der Waals surface area contributed by atoms with E-state index in [1.165, 1.54) is 31.2 Å². The summed E-state index contributed by atoms with van der Waals surface area (Å²) in [5.74, 6) is -2.22. The quantitative estimate of drug-likeness (QED) is 0.669. The first-order valence-corrected chi connectivity index (χ1v) is 9.32. The van der Waals surface area contributed by atoms with Gasteiger partial charge in [-0.15, -0.1) is 0 Å². The third-order valence-corrected chi connectivity index (χ3v) is 5.18. The van der Waals surface area contributed by atoms with Crippen LogP contribution in [0.4, 0.5) is 4.39 Å². The van der Waals surface area contributed by atoms with E-state index in [9.17, 15) is 22.4 Å². The highest BCUT2D eigenvalue weighted by molar-refractivity contribution is 7.90. The van der Waals surface area contributed by atoms with Gasteiger partial charge in [-0.3, -0.25) is 30.2 Å². The molecule has 3 N–H and O–H groups in total. The van der Waals surface area contributed by atoms with E-state index < -0.39 is 33.7 Å². The SMILES string of the molecule is C[C@H](N=C1NS(=O)(=O)c2ccccc21)C(=O)NNC(=O)c1ccccc1F. The van der Waals surface area contributed by atoms with Crippen LogP contribution in [0.15, 0.2) is 58.4 Å². The number of rotatable bonds is 3. The Morgan fingerprint density at radius 1 is 1.07 bits per heavy atom. The predicted octanol–water partition coefficient (Wildman–Crippen LogP) is 0.714. The molecule has 1 aliphatic heterocycles. The number of aliphatic imine (C=N–C) groups is 1. The average molecular weight is 390 g/mol. The largest absolute Gasteiger partial charge is 0.272 e. The molecular weight excluding hydrogens is 375 g/mol. The van der Waals surface area contributed by atoms with Gasteiger partial charge in [0.2, 0.25) is 0 Å². The van der Waals surface area contributed by atoms with Crippen molar-refractivity contribution in [1.29, 1.82) is 0 Å². The minimum atomic E-state index is -3.72. The summed E-state index contributed by atoms with van der Waals surface area (Å²) in [6.07, 6.45) is 0. The zero-order chi connectivity index (χ0) is 19.6. The molecule has 0 fully saturated rings.